The minimum absolute atomic E-state index is 0.0235. The van der Waals surface area contributed by atoms with Gasteiger partial charge in [0.15, 0.2) is 11.9 Å². The van der Waals surface area contributed by atoms with Gasteiger partial charge in [0.05, 0.1) is 31.0 Å². The average Bonchev–Trinajstić information content (AvgIpc) is 3.55. The normalized spacial score (nSPS) is 58.5. The maximum absolute atomic E-state index is 12.8. The molecule has 7 fully saturated rings. The molecule has 0 radical (unpaired) electrons. The highest BCUT2D eigenvalue weighted by atomic mass is 16.7. The predicted molar refractivity (Wildman–Crippen MR) is 137 cm³/mol. The number of esters is 1. The van der Waals surface area contributed by atoms with Crippen LogP contribution in [0, 0.1) is 34.5 Å². The molecule has 0 amide bonds. The van der Waals surface area contributed by atoms with E-state index in [-0.39, 0.29) is 34.7 Å². The Labute approximate surface area is 230 Å². The fraction of sp³-hybridized carbons (Fsp3) is 0.967. The fourth-order valence-electron chi connectivity index (χ4n) is 11.0. The van der Waals surface area contributed by atoms with Crippen LogP contribution in [0.15, 0.2) is 0 Å². The zero-order valence-corrected chi connectivity index (χ0v) is 23.5. The molecule has 0 aromatic rings. The van der Waals surface area contributed by atoms with Gasteiger partial charge < -0.3 is 39.0 Å². The van der Waals surface area contributed by atoms with Gasteiger partial charge in [-0.15, -0.1) is 0 Å². The van der Waals surface area contributed by atoms with E-state index in [9.17, 15) is 20.1 Å². The van der Waals surface area contributed by atoms with Gasteiger partial charge in [0.25, 0.3) is 0 Å². The Morgan fingerprint density at radius 2 is 1.79 bits per heavy atom. The van der Waals surface area contributed by atoms with Gasteiger partial charge in [0.1, 0.15) is 18.3 Å². The number of hydrogen-bond acceptors (Lipinski definition) is 9. The zero-order chi connectivity index (χ0) is 27.4. The number of hydrogen-bond donors (Lipinski definition) is 3. The second kappa shape index (κ2) is 9.09. The first-order valence-corrected chi connectivity index (χ1v) is 15.3. The summed E-state index contributed by atoms with van der Waals surface area (Å²) < 4.78 is 29.3. The lowest BCUT2D eigenvalue weighted by molar-refractivity contribution is -0.313. The minimum Gasteiger partial charge on any atom is -0.463 e. The second-order valence-corrected chi connectivity index (χ2v) is 14.2. The lowest BCUT2D eigenvalue weighted by Crippen LogP contribution is -2.64. The molecule has 2 unspecified atom stereocenters. The van der Waals surface area contributed by atoms with Crippen LogP contribution in [-0.4, -0.2) is 89.6 Å². The van der Waals surface area contributed by atoms with Crippen molar-refractivity contribution in [2.24, 2.45) is 34.5 Å². The van der Waals surface area contributed by atoms with Crippen LogP contribution in [0.25, 0.3) is 0 Å². The number of aliphatic hydroxyl groups is 3. The Morgan fingerprint density at radius 3 is 2.54 bits per heavy atom. The van der Waals surface area contributed by atoms with Crippen LogP contribution in [0.4, 0.5) is 0 Å². The summed E-state index contributed by atoms with van der Waals surface area (Å²) in [6, 6.07) is 0. The molecule has 0 aromatic carbocycles. The summed E-state index contributed by atoms with van der Waals surface area (Å²) >= 11 is 0. The maximum Gasteiger partial charge on any atom is 0.338 e. The van der Waals surface area contributed by atoms with Crippen LogP contribution in [0.2, 0.25) is 0 Å². The number of aliphatic hydroxyl groups excluding tert-OH is 2. The number of carbonyl (C=O) groups is 1. The molecule has 39 heavy (non-hydrogen) atoms. The van der Waals surface area contributed by atoms with Crippen LogP contribution in [0.3, 0.4) is 0 Å². The molecule has 0 bridgehead atoms. The molecule has 220 valence electrons. The van der Waals surface area contributed by atoms with Gasteiger partial charge in [-0.1, -0.05) is 6.92 Å². The number of carbonyl (C=O) groups excluding carboxylic acids is 1. The van der Waals surface area contributed by atoms with E-state index in [1.54, 1.807) is 6.92 Å². The number of methoxy groups -OCH3 is 1. The Bertz CT molecular complexity index is 991. The van der Waals surface area contributed by atoms with Crippen molar-refractivity contribution in [2.45, 2.75) is 126 Å². The van der Waals surface area contributed by atoms with E-state index >= 15 is 0 Å². The topological polar surface area (TPSA) is 124 Å². The molecule has 3 N–H and O–H groups in total. The van der Waals surface area contributed by atoms with Gasteiger partial charge in [-0.2, -0.15) is 0 Å². The van der Waals surface area contributed by atoms with Crippen molar-refractivity contribution in [3.05, 3.63) is 0 Å². The smallest absolute Gasteiger partial charge is 0.338 e. The summed E-state index contributed by atoms with van der Waals surface area (Å²) in [7, 11) is 1.49. The molecule has 14 atom stereocenters. The van der Waals surface area contributed by atoms with Gasteiger partial charge in [-0.25, -0.2) is 4.79 Å². The Hall–Kier alpha value is -0.810. The van der Waals surface area contributed by atoms with Crippen LogP contribution < -0.4 is 0 Å². The first kappa shape index (κ1) is 27.0. The lowest BCUT2D eigenvalue weighted by atomic mass is 9.43. The van der Waals surface area contributed by atoms with Crippen molar-refractivity contribution < 1.29 is 43.8 Å². The highest BCUT2D eigenvalue weighted by molar-refractivity contribution is 5.82. The molecule has 4 saturated carbocycles. The largest absolute Gasteiger partial charge is 0.463 e. The van der Waals surface area contributed by atoms with Gasteiger partial charge in [0, 0.05) is 24.9 Å². The van der Waals surface area contributed by atoms with E-state index in [4.69, 9.17) is 23.7 Å². The van der Waals surface area contributed by atoms with Gasteiger partial charge in [0.2, 0.25) is 0 Å². The molecule has 9 heteroatoms. The van der Waals surface area contributed by atoms with E-state index in [0.29, 0.717) is 31.5 Å². The summed E-state index contributed by atoms with van der Waals surface area (Å²) in [4.78, 5) is 12.8. The Balaban J connectivity index is 1.07. The number of fused-ring (bicyclic) bond motifs is 5. The van der Waals surface area contributed by atoms with Crippen molar-refractivity contribution in [2.75, 3.05) is 20.3 Å². The maximum atomic E-state index is 12.8. The fourth-order valence-corrected chi connectivity index (χ4v) is 11.0. The first-order valence-electron chi connectivity index (χ1n) is 15.3. The summed E-state index contributed by atoms with van der Waals surface area (Å²) in [5.41, 5.74) is -1.85. The third-order valence-corrected chi connectivity index (χ3v) is 13.1. The second-order valence-electron chi connectivity index (χ2n) is 14.2. The summed E-state index contributed by atoms with van der Waals surface area (Å²) in [6.07, 6.45) is 5.00. The molecule has 7 aliphatic rings. The van der Waals surface area contributed by atoms with E-state index in [1.165, 1.54) is 7.11 Å². The molecule has 4 aliphatic carbocycles. The quantitative estimate of drug-likeness (QED) is 0.359. The number of ether oxygens (including phenoxy) is 5. The molecule has 7 rings (SSSR count). The third kappa shape index (κ3) is 3.47. The summed E-state index contributed by atoms with van der Waals surface area (Å²) in [5, 5.41) is 33.7. The molecule has 3 aliphatic heterocycles. The molecular weight excluding hydrogens is 504 g/mol. The van der Waals surface area contributed by atoms with E-state index in [1.807, 2.05) is 0 Å². The average molecular weight is 551 g/mol. The van der Waals surface area contributed by atoms with Gasteiger partial charge in [-0.3, -0.25) is 0 Å². The highest BCUT2D eigenvalue weighted by Gasteiger charge is 2.77. The van der Waals surface area contributed by atoms with E-state index in [2.05, 4.69) is 6.92 Å². The van der Waals surface area contributed by atoms with Crippen molar-refractivity contribution in [1.82, 2.24) is 0 Å². The van der Waals surface area contributed by atoms with Crippen molar-refractivity contribution in [1.29, 1.82) is 0 Å². The van der Waals surface area contributed by atoms with Gasteiger partial charge in [-0.05, 0) is 87.9 Å². The van der Waals surface area contributed by atoms with Crippen molar-refractivity contribution in [3.8, 4) is 0 Å². The first-order chi connectivity index (χ1) is 18.6. The molecule has 9 nitrogen and oxygen atoms in total. The highest BCUT2D eigenvalue weighted by Crippen LogP contribution is 2.73. The minimum atomic E-state index is -1.04. The Kier molecular flexibility index (Phi) is 6.31. The van der Waals surface area contributed by atoms with Crippen LogP contribution >= 0.6 is 0 Å². The molecule has 0 aromatic heterocycles. The summed E-state index contributed by atoms with van der Waals surface area (Å²) in [6.45, 7) is 5.11. The van der Waals surface area contributed by atoms with E-state index < -0.39 is 41.9 Å². The van der Waals surface area contributed by atoms with E-state index in [0.717, 1.165) is 57.8 Å². The van der Waals surface area contributed by atoms with Crippen LogP contribution in [0.5, 0.6) is 0 Å². The number of cyclic esters (lactones) is 1. The zero-order valence-electron chi connectivity index (χ0n) is 23.5. The third-order valence-electron chi connectivity index (χ3n) is 13.1. The molecule has 3 saturated heterocycles. The predicted octanol–water partition coefficient (Wildman–Crippen LogP) is 2.32. The molecule has 2 spiro atoms. The number of rotatable bonds is 3. The van der Waals surface area contributed by atoms with Gasteiger partial charge >= 0.3 is 5.97 Å². The molecular formula is C30H46O9. The Morgan fingerprint density at radius 1 is 0.974 bits per heavy atom. The summed E-state index contributed by atoms with van der Waals surface area (Å²) in [5.74, 6) is 0.977. The standard InChI is InChI=1S/C30H46O9/c1-16-22(31)24(35-3)23(32)25(38-16)39-18-6-9-27(2)17(14-18)4-5-20-19(27)7-10-28-15-37-29(12-13-36-26(29)33)21(28)8-11-30(20,28)34/h16-25,31-32,34H,4-15H2,1-3H3/t16-,17+,18-,19?,20?,21-,22-,23-,24+,25-,27-,28-,29+,30-/m0/s1. The SMILES string of the molecule is CO[C@H]1[C@H](O)[C@H](O[C@H]2CC[C@]3(C)C4CC[C@]56CO[C@]7(CCOC7=O)[C@H]5CC[C@]6(O)C4CC[C@@H]3C2)O[C@@H](C)[C@@H]1O. The van der Waals surface area contributed by atoms with Crippen LogP contribution in [-0.2, 0) is 28.5 Å². The van der Waals surface area contributed by atoms with Crippen molar-refractivity contribution in [3.63, 3.8) is 0 Å². The lowest BCUT2D eigenvalue weighted by Gasteiger charge is -2.63. The molecule has 3 heterocycles. The monoisotopic (exact) mass is 550 g/mol. The van der Waals surface area contributed by atoms with Crippen LogP contribution in [0.1, 0.15) is 78.1 Å². The van der Waals surface area contributed by atoms with Crippen molar-refractivity contribution >= 4 is 5.97 Å².